The summed E-state index contributed by atoms with van der Waals surface area (Å²) < 4.78 is 26.1. The number of amides is 1. The zero-order valence-electron chi connectivity index (χ0n) is 20.7. The smallest absolute Gasteiger partial charge is 0.352 e. The quantitative estimate of drug-likeness (QED) is 0.238. The van der Waals surface area contributed by atoms with Crippen LogP contribution in [0, 0.1) is 5.92 Å². The van der Waals surface area contributed by atoms with Crippen LogP contribution in [-0.2, 0) is 35.7 Å². The van der Waals surface area contributed by atoms with Crippen LogP contribution in [0.4, 0.5) is 5.13 Å². The van der Waals surface area contributed by atoms with Gasteiger partial charge in [0, 0.05) is 31.6 Å². The first kappa shape index (κ1) is 27.8. The standard InChI is InChI=1S/C23H25N5O7S3/c1-27(2)38(33,34)14-6-4-5-12(8-14)7-13-10-36-21-15(20(30)28(21)19(13)22(31)32)9-17(29)18(26-35-3)16-11-37-23(24)25-16/h4-6,8,11,15,21H,7,9-10H2,1-3H3,(H2,24,25)(H,31,32)/b26-18-/t15-,21-/m1/s1. The summed E-state index contributed by atoms with van der Waals surface area (Å²) in [7, 11) is 0.476. The van der Waals surface area contributed by atoms with Crippen molar-refractivity contribution in [3.05, 3.63) is 52.2 Å². The lowest BCUT2D eigenvalue weighted by Crippen LogP contribution is -2.62. The average molecular weight is 580 g/mol. The summed E-state index contributed by atoms with van der Waals surface area (Å²) in [6.45, 7) is 0. The summed E-state index contributed by atoms with van der Waals surface area (Å²) in [6.07, 6.45) is -0.0410. The van der Waals surface area contributed by atoms with E-state index in [1.807, 2.05) is 0 Å². The number of aromatic nitrogens is 1. The first-order valence-electron chi connectivity index (χ1n) is 11.2. The average Bonchev–Trinajstić information content (AvgIpc) is 3.30. The van der Waals surface area contributed by atoms with Gasteiger partial charge in [-0.15, -0.1) is 23.1 Å². The lowest BCUT2D eigenvalue weighted by Gasteiger charge is -2.49. The number of sulfonamides is 1. The van der Waals surface area contributed by atoms with Crippen molar-refractivity contribution in [3.8, 4) is 0 Å². The number of benzene rings is 1. The number of β-lactam (4-membered cyclic amide) rings is 1. The molecule has 0 saturated carbocycles. The number of nitrogens with two attached hydrogens (primary N) is 1. The molecule has 1 saturated heterocycles. The van der Waals surface area contributed by atoms with E-state index in [4.69, 9.17) is 10.6 Å². The molecule has 1 amide bonds. The minimum atomic E-state index is -3.67. The number of carbonyl (C=O) groups excluding carboxylic acids is 2. The van der Waals surface area contributed by atoms with Gasteiger partial charge < -0.3 is 15.7 Å². The number of fused-ring (bicyclic) bond motifs is 1. The van der Waals surface area contributed by atoms with Gasteiger partial charge in [0.05, 0.1) is 16.2 Å². The molecule has 0 aliphatic carbocycles. The molecule has 1 fully saturated rings. The second-order valence-electron chi connectivity index (χ2n) is 8.71. The van der Waals surface area contributed by atoms with Crippen molar-refractivity contribution < 1.29 is 32.7 Å². The Labute approximate surface area is 227 Å². The first-order chi connectivity index (χ1) is 17.9. The molecule has 0 spiro atoms. The number of carbonyl (C=O) groups is 3. The molecule has 3 heterocycles. The van der Waals surface area contributed by atoms with Crippen LogP contribution in [0.3, 0.4) is 0 Å². The summed E-state index contributed by atoms with van der Waals surface area (Å²) in [4.78, 5) is 48.5. The van der Waals surface area contributed by atoms with E-state index in [1.54, 1.807) is 17.5 Å². The van der Waals surface area contributed by atoms with E-state index in [9.17, 15) is 27.9 Å². The Bertz CT molecular complexity index is 1470. The highest BCUT2D eigenvalue weighted by atomic mass is 32.2. The van der Waals surface area contributed by atoms with E-state index < -0.39 is 39.0 Å². The number of Topliss-reactive ketones (excluding diaryl/α,β-unsaturated/α-hetero) is 1. The molecule has 202 valence electrons. The molecule has 2 atom stereocenters. The second-order valence-corrected chi connectivity index (χ2v) is 12.9. The molecule has 38 heavy (non-hydrogen) atoms. The number of hydrogen-bond acceptors (Lipinski definition) is 11. The number of carboxylic acid groups (broad SMARTS) is 1. The minimum absolute atomic E-state index is 0.0604. The van der Waals surface area contributed by atoms with Crippen molar-refractivity contribution in [2.24, 2.45) is 11.1 Å². The Balaban J connectivity index is 1.55. The summed E-state index contributed by atoms with van der Waals surface area (Å²) in [5, 5.41) is 15.0. The highest BCUT2D eigenvalue weighted by molar-refractivity contribution is 8.00. The number of thiazole rings is 1. The highest BCUT2D eigenvalue weighted by Crippen LogP contribution is 2.46. The largest absolute Gasteiger partial charge is 0.477 e. The molecule has 2 aliphatic rings. The monoisotopic (exact) mass is 579 g/mol. The number of thioether (sulfide) groups is 1. The normalized spacial score (nSPS) is 19.8. The van der Waals surface area contributed by atoms with Crippen LogP contribution in [0.5, 0.6) is 0 Å². The van der Waals surface area contributed by atoms with Gasteiger partial charge in [0.1, 0.15) is 18.5 Å². The number of nitrogens with zero attached hydrogens (tertiary/aromatic N) is 4. The van der Waals surface area contributed by atoms with Gasteiger partial charge in [0.25, 0.3) is 0 Å². The molecule has 1 aromatic carbocycles. The number of ketones is 1. The first-order valence-corrected chi connectivity index (χ1v) is 14.6. The van der Waals surface area contributed by atoms with E-state index in [2.05, 4.69) is 10.1 Å². The van der Waals surface area contributed by atoms with Gasteiger partial charge in [-0.25, -0.2) is 22.5 Å². The van der Waals surface area contributed by atoms with Crippen LogP contribution in [0.25, 0.3) is 0 Å². The van der Waals surface area contributed by atoms with Crippen LogP contribution >= 0.6 is 23.1 Å². The number of hydrogen-bond donors (Lipinski definition) is 2. The van der Waals surface area contributed by atoms with Crippen molar-refractivity contribution in [2.45, 2.75) is 23.1 Å². The third kappa shape index (κ3) is 5.18. The number of nitrogen functional groups attached to an aromatic ring is 1. The maximum Gasteiger partial charge on any atom is 0.352 e. The van der Waals surface area contributed by atoms with Crippen LogP contribution in [0.1, 0.15) is 17.7 Å². The molecule has 4 rings (SSSR count). The number of carboxylic acids is 1. The van der Waals surface area contributed by atoms with Crippen molar-refractivity contribution in [1.82, 2.24) is 14.2 Å². The number of rotatable bonds is 10. The Kier molecular flexibility index (Phi) is 7.92. The Morgan fingerprint density at radius 1 is 1.34 bits per heavy atom. The van der Waals surface area contributed by atoms with Crippen molar-refractivity contribution >= 4 is 61.6 Å². The lowest BCUT2D eigenvalue weighted by atomic mass is 9.88. The zero-order chi connectivity index (χ0) is 27.8. The zero-order valence-corrected chi connectivity index (χ0v) is 23.1. The maximum atomic E-state index is 13.1. The van der Waals surface area contributed by atoms with E-state index in [-0.39, 0.29) is 40.0 Å². The van der Waals surface area contributed by atoms with Gasteiger partial charge in [-0.2, -0.15) is 0 Å². The van der Waals surface area contributed by atoms with Crippen LogP contribution in [-0.4, -0.2) is 83.4 Å². The number of oxime groups is 1. The molecule has 3 N–H and O–H groups in total. The fraction of sp³-hybridized carbons (Fsp3) is 0.348. The Hall–Kier alpha value is -3.27. The molecule has 0 unspecified atom stereocenters. The van der Waals surface area contributed by atoms with Gasteiger partial charge in [-0.3, -0.25) is 14.5 Å². The SMILES string of the molecule is CO/N=C(\C(=O)C[C@@H]1C(=O)N2C(C(=O)O)=C(Cc3cccc(S(=O)(=O)N(C)C)c3)CS[C@H]12)c1csc(N)n1. The maximum absolute atomic E-state index is 13.1. The Morgan fingerprint density at radius 2 is 2.08 bits per heavy atom. The van der Waals surface area contributed by atoms with Gasteiger partial charge in [-0.05, 0) is 29.7 Å². The number of anilines is 1. The molecular formula is C23H25N5O7S3. The van der Waals surface area contributed by atoms with E-state index in [0.29, 0.717) is 16.9 Å². The van der Waals surface area contributed by atoms with Gasteiger partial charge in [0.15, 0.2) is 16.6 Å². The highest BCUT2D eigenvalue weighted by Gasteiger charge is 2.54. The van der Waals surface area contributed by atoms with E-state index in [0.717, 1.165) is 15.6 Å². The fourth-order valence-corrected chi connectivity index (χ4v) is 7.19. The molecular weight excluding hydrogens is 554 g/mol. The predicted molar refractivity (Wildman–Crippen MR) is 142 cm³/mol. The van der Waals surface area contributed by atoms with Gasteiger partial charge in [0.2, 0.25) is 15.9 Å². The fourth-order valence-electron chi connectivity index (χ4n) is 4.25. The molecule has 2 aliphatic heterocycles. The lowest BCUT2D eigenvalue weighted by molar-refractivity contribution is -0.153. The van der Waals surface area contributed by atoms with Gasteiger partial charge in [-0.1, -0.05) is 17.3 Å². The minimum Gasteiger partial charge on any atom is -0.477 e. The summed E-state index contributed by atoms with van der Waals surface area (Å²) in [6, 6.07) is 6.27. The Morgan fingerprint density at radius 3 is 2.68 bits per heavy atom. The number of aliphatic carboxylic acids is 1. The summed E-state index contributed by atoms with van der Waals surface area (Å²) in [5.74, 6) is -2.66. The summed E-state index contributed by atoms with van der Waals surface area (Å²) in [5.41, 5.74) is 6.79. The topological polar surface area (TPSA) is 173 Å². The molecule has 15 heteroatoms. The van der Waals surface area contributed by atoms with Crippen LogP contribution in [0.2, 0.25) is 0 Å². The molecule has 12 nitrogen and oxygen atoms in total. The predicted octanol–water partition coefficient (Wildman–Crippen LogP) is 1.40. The molecule has 2 aromatic rings. The van der Waals surface area contributed by atoms with E-state index in [1.165, 1.54) is 50.0 Å². The van der Waals surface area contributed by atoms with Crippen molar-refractivity contribution in [1.29, 1.82) is 0 Å². The van der Waals surface area contributed by atoms with Crippen LogP contribution in [0.15, 0.2) is 51.0 Å². The molecule has 1 aromatic heterocycles. The molecule has 0 bridgehead atoms. The summed E-state index contributed by atoms with van der Waals surface area (Å²) >= 11 is 2.49. The van der Waals surface area contributed by atoms with E-state index >= 15 is 0 Å². The third-order valence-corrected chi connectivity index (χ3v) is 9.95. The molecule has 0 radical (unpaired) electrons. The third-order valence-electron chi connectivity index (χ3n) is 6.07. The van der Waals surface area contributed by atoms with Crippen LogP contribution < -0.4 is 5.73 Å². The second kappa shape index (κ2) is 10.8. The van der Waals surface area contributed by atoms with Crippen molar-refractivity contribution in [2.75, 3.05) is 32.7 Å². The van der Waals surface area contributed by atoms with Crippen molar-refractivity contribution in [3.63, 3.8) is 0 Å². The van der Waals surface area contributed by atoms with Gasteiger partial charge >= 0.3 is 5.97 Å².